The summed E-state index contributed by atoms with van der Waals surface area (Å²) in [5, 5.41) is 3.87. The number of hydrogen-bond donors (Lipinski definition) is 0. The third-order valence-corrected chi connectivity index (χ3v) is 2.00. The monoisotopic (exact) mass is 239 g/mol. The molecule has 0 saturated heterocycles. The Morgan fingerprint density at radius 3 is 2.71 bits per heavy atom. The van der Waals surface area contributed by atoms with Crippen LogP contribution in [0, 0.1) is 0 Å². The van der Waals surface area contributed by atoms with Gasteiger partial charge < -0.3 is 9.47 Å². The molecule has 0 spiro atoms. The van der Waals surface area contributed by atoms with Crippen molar-refractivity contribution in [3.8, 4) is 0 Å². The second-order valence-electron chi connectivity index (χ2n) is 3.16. The predicted molar refractivity (Wildman–Crippen MR) is 57.1 cm³/mol. The molecular formula is C10H13N3O4. The molecule has 1 aromatic rings. The zero-order valence-corrected chi connectivity index (χ0v) is 9.84. The summed E-state index contributed by atoms with van der Waals surface area (Å²) in [6, 6.07) is 0. The van der Waals surface area contributed by atoms with Crippen molar-refractivity contribution in [3.63, 3.8) is 0 Å². The molecular weight excluding hydrogens is 226 g/mol. The summed E-state index contributed by atoms with van der Waals surface area (Å²) >= 11 is 0. The number of methoxy groups -OCH3 is 2. The van der Waals surface area contributed by atoms with E-state index in [1.165, 1.54) is 25.2 Å². The largest absolute Gasteiger partial charge is 0.466 e. The number of rotatable bonds is 4. The first kappa shape index (κ1) is 12.9. The van der Waals surface area contributed by atoms with Crippen molar-refractivity contribution in [2.24, 2.45) is 0 Å². The number of carbonyl (C=O) groups is 2. The van der Waals surface area contributed by atoms with E-state index in [2.05, 4.69) is 19.6 Å². The average molecular weight is 239 g/mol. The number of esters is 2. The van der Waals surface area contributed by atoms with E-state index in [0.717, 1.165) is 0 Å². The van der Waals surface area contributed by atoms with Crippen LogP contribution >= 0.6 is 0 Å². The Bertz CT molecular complexity index is 450. The van der Waals surface area contributed by atoms with Crippen LogP contribution in [0.4, 0.5) is 0 Å². The van der Waals surface area contributed by atoms with Crippen molar-refractivity contribution in [3.05, 3.63) is 23.8 Å². The van der Waals surface area contributed by atoms with Crippen LogP contribution in [-0.4, -0.2) is 40.9 Å². The van der Waals surface area contributed by atoms with Crippen LogP contribution in [0.3, 0.4) is 0 Å². The summed E-state index contributed by atoms with van der Waals surface area (Å²) < 4.78 is 10.4. The summed E-state index contributed by atoms with van der Waals surface area (Å²) in [6.45, 7) is 1.95. The van der Waals surface area contributed by atoms with E-state index in [9.17, 15) is 9.59 Å². The van der Waals surface area contributed by atoms with E-state index in [-0.39, 0.29) is 5.82 Å². The molecule has 0 radical (unpaired) electrons. The number of nitrogens with zero attached hydrogens (tertiary/aromatic N) is 3. The van der Waals surface area contributed by atoms with Crippen LogP contribution in [-0.2, 0) is 20.8 Å². The Balaban J connectivity index is 2.67. The van der Waals surface area contributed by atoms with Crippen LogP contribution in [0.25, 0.3) is 0 Å². The summed E-state index contributed by atoms with van der Waals surface area (Å²) in [4.78, 5) is 25.9. The Morgan fingerprint density at radius 1 is 1.41 bits per heavy atom. The van der Waals surface area contributed by atoms with Gasteiger partial charge in [0.25, 0.3) is 5.82 Å². The highest BCUT2D eigenvalue weighted by Gasteiger charge is 2.10. The molecule has 7 nitrogen and oxygen atoms in total. The number of hydrogen-bond acceptors (Lipinski definition) is 6. The van der Waals surface area contributed by atoms with Gasteiger partial charge in [0.2, 0.25) is 0 Å². The third kappa shape index (κ3) is 3.40. The molecule has 0 aromatic carbocycles. The van der Waals surface area contributed by atoms with E-state index in [1.807, 2.05) is 0 Å². The molecule has 0 amide bonds. The van der Waals surface area contributed by atoms with Crippen LogP contribution in [0.5, 0.6) is 0 Å². The standard InChI is InChI=1S/C10H13N3O4/c1-7(9(14)16-2)4-5-13-6-11-8(12-13)10(15)17-3/h4,6H,5H2,1-3H3. The number of ether oxygens (including phenoxy) is 2. The minimum Gasteiger partial charge on any atom is -0.466 e. The maximum Gasteiger partial charge on any atom is 0.377 e. The molecule has 0 aliphatic rings. The van der Waals surface area contributed by atoms with Crippen molar-refractivity contribution < 1.29 is 19.1 Å². The second-order valence-corrected chi connectivity index (χ2v) is 3.16. The average Bonchev–Trinajstić information content (AvgIpc) is 2.82. The van der Waals surface area contributed by atoms with Gasteiger partial charge in [0.05, 0.1) is 20.8 Å². The molecule has 17 heavy (non-hydrogen) atoms. The zero-order valence-electron chi connectivity index (χ0n) is 9.84. The molecule has 0 aliphatic carbocycles. The lowest BCUT2D eigenvalue weighted by molar-refractivity contribution is -0.136. The van der Waals surface area contributed by atoms with E-state index in [1.54, 1.807) is 13.0 Å². The third-order valence-electron chi connectivity index (χ3n) is 2.00. The summed E-state index contributed by atoms with van der Waals surface area (Å²) in [5.74, 6) is -1.02. The van der Waals surface area contributed by atoms with Gasteiger partial charge in [0, 0.05) is 5.57 Å². The van der Waals surface area contributed by atoms with Gasteiger partial charge in [-0.3, -0.25) is 0 Å². The Labute approximate surface area is 98.0 Å². The lowest BCUT2D eigenvalue weighted by Gasteiger charge is -1.98. The maximum atomic E-state index is 11.1. The van der Waals surface area contributed by atoms with Crippen molar-refractivity contribution in [1.82, 2.24) is 14.8 Å². The van der Waals surface area contributed by atoms with E-state index >= 15 is 0 Å². The van der Waals surface area contributed by atoms with Gasteiger partial charge >= 0.3 is 11.9 Å². The molecule has 0 N–H and O–H groups in total. The van der Waals surface area contributed by atoms with Crippen LogP contribution in [0.15, 0.2) is 18.0 Å². The summed E-state index contributed by atoms with van der Waals surface area (Å²) in [7, 11) is 2.56. The SMILES string of the molecule is COC(=O)C(C)=CCn1cnc(C(=O)OC)n1. The predicted octanol–water partition coefficient (Wildman–Crippen LogP) is 0.184. The van der Waals surface area contributed by atoms with Gasteiger partial charge in [-0.25, -0.2) is 19.3 Å². The van der Waals surface area contributed by atoms with Crippen molar-refractivity contribution in [2.45, 2.75) is 13.5 Å². The fourth-order valence-electron chi connectivity index (χ4n) is 1.04. The first-order valence-corrected chi connectivity index (χ1v) is 4.81. The highest BCUT2D eigenvalue weighted by molar-refractivity contribution is 5.87. The maximum absolute atomic E-state index is 11.1. The Morgan fingerprint density at radius 2 is 2.12 bits per heavy atom. The van der Waals surface area contributed by atoms with Gasteiger partial charge in [-0.15, -0.1) is 5.10 Å². The highest BCUT2D eigenvalue weighted by atomic mass is 16.5. The van der Waals surface area contributed by atoms with Gasteiger partial charge in [-0.1, -0.05) is 6.08 Å². The second kappa shape index (κ2) is 5.78. The van der Waals surface area contributed by atoms with Crippen LogP contribution < -0.4 is 0 Å². The molecule has 92 valence electrons. The molecule has 1 rings (SSSR count). The molecule has 1 heterocycles. The fourth-order valence-corrected chi connectivity index (χ4v) is 1.04. The lowest BCUT2D eigenvalue weighted by atomic mass is 10.3. The van der Waals surface area contributed by atoms with Gasteiger partial charge in [0.1, 0.15) is 6.33 Å². The van der Waals surface area contributed by atoms with E-state index in [0.29, 0.717) is 12.1 Å². The molecule has 7 heteroatoms. The van der Waals surface area contributed by atoms with Crippen molar-refractivity contribution in [1.29, 1.82) is 0 Å². The number of carbonyl (C=O) groups excluding carboxylic acids is 2. The highest BCUT2D eigenvalue weighted by Crippen LogP contribution is 1.98. The number of allylic oxidation sites excluding steroid dienone is 1. The topological polar surface area (TPSA) is 83.3 Å². The molecule has 0 unspecified atom stereocenters. The lowest BCUT2D eigenvalue weighted by Crippen LogP contribution is -2.06. The quantitative estimate of drug-likeness (QED) is 0.550. The smallest absolute Gasteiger partial charge is 0.377 e. The molecule has 0 saturated carbocycles. The minimum absolute atomic E-state index is 0.0170. The Hall–Kier alpha value is -2.18. The Kier molecular flexibility index (Phi) is 4.38. The zero-order chi connectivity index (χ0) is 12.8. The van der Waals surface area contributed by atoms with E-state index in [4.69, 9.17) is 0 Å². The normalized spacial score (nSPS) is 11.1. The van der Waals surface area contributed by atoms with Crippen LogP contribution in [0.1, 0.15) is 17.5 Å². The van der Waals surface area contributed by atoms with Gasteiger partial charge in [-0.05, 0) is 6.92 Å². The number of aromatic nitrogens is 3. The molecule has 0 aliphatic heterocycles. The molecule has 0 bridgehead atoms. The first-order valence-electron chi connectivity index (χ1n) is 4.81. The molecule has 0 fully saturated rings. The first-order chi connectivity index (χ1) is 8.08. The fraction of sp³-hybridized carbons (Fsp3) is 0.400. The van der Waals surface area contributed by atoms with Crippen molar-refractivity contribution in [2.75, 3.05) is 14.2 Å². The van der Waals surface area contributed by atoms with Gasteiger partial charge in [0.15, 0.2) is 0 Å². The molecule has 1 aromatic heterocycles. The molecule has 0 atom stereocenters. The van der Waals surface area contributed by atoms with Crippen LogP contribution in [0.2, 0.25) is 0 Å². The van der Waals surface area contributed by atoms with Gasteiger partial charge in [-0.2, -0.15) is 0 Å². The summed E-state index contributed by atoms with van der Waals surface area (Å²) in [6.07, 6.45) is 3.01. The van der Waals surface area contributed by atoms with Crippen molar-refractivity contribution >= 4 is 11.9 Å². The minimum atomic E-state index is -0.600. The van der Waals surface area contributed by atoms with E-state index < -0.39 is 11.9 Å². The summed E-state index contributed by atoms with van der Waals surface area (Å²) in [5.41, 5.74) is 0.461.